The number of aromatic hydroxyl groups is 1. The number of phenolic OH excluding ortho intramolecular Hbond substituents is 1. The highest BCUT2D eigenvalue weighted by molar-refractivity contribution is 9.10. The Morgan fingerprint density at radius 2 is 2.07 bits per heavy atom. The van der Waals surface area contributed by atoms with E-state index in [9.17, 15) is 19.5 Å². The van der Waals surface area contributed by atoms with Crippen molar-refractivity contribution in [1.29, 1.82) is 0 Å². The third-order valence-electron chi connectivity index (χ3n) is 3.73. The molecular weight excluding hydrogens is 438 g/mol. The lowest BCUT2D eigenvalue weighted by Crippen LogP contribution is -2.35. The van der Waals surface area contributed by atoms with Crippen LogP contribution in [-0.2, 0) is 14.3 Å². The van der Waals surface area contributed by atoms with E-state index in [0.717, 1.165) is 16.7 Å². The number of carbonyl (C=O) groups is 3. The van der Waals surface area contributed by atoms with Crippen LogP contribution < -0.4 is 4.74 Å². The monoisotopic (exact) mass is 457 g/mol. The van der Waals surface area contributed by atoms with Crippen LogP contribution in [0.4, 0.5) is 4.79 Å². The molecule has 1 heterocycles. The van der Waals surface area contributed by atoms with Crippen LogP contribution in [0.1, 0.15) is 32.8 Å². The number of esters is 1. The molecular formula is C18H20BrNO6S. The summed E-state index contributed by atoms with van der Waals surface area (Å²) in [5.41, 5.74) is 0.559. The molecule has 0 unspecified atom stereocenters. The second-order valence-corrected chi connectivity index (χ2v) is 7.60. The highest BCUT2D eigenvalue weighted by Crippen LogP contribution is 2.37. The summed E-state index contributed by atoms with van der Waals surface area (Å²) in [6.45, 7) is 5.33. The number of nitrogens with zero attached hydrogens (tertiary/aromatic N) is 1. The Labute approximate surface area is 169 Å². The topological polar surface area (TPSA) is 93.1 Å². The van der Waals surface area contributed by atoms with Gasteiger partial charge in [0.1, 0.15) is 6.54 Å². The zero-order chi connectivity index (χ0) is 20.1. The van der Waals surface area contributed by atoms with Gasteiger partial charge >= 0.3 is 5.97 Å². The number of rotatable bonds is 7. The predicted octanol–water partition coefficient (Wildman–Crippen LogP) is 3.93. The van der Waals surface area contributed by atoms with Gasteiger partial charge in [0.2, 0.25) is 0 Å². The molecule has 7 nitrogen and oxygen atoms in total. The van der Waals surface area contributed by atoms with Gasteiger partial charge in [-0.05, 0) is 55.8 Å². The molecule has 0 aliphatic carbocycles. The highest BCUT2D eigenvalue weighted by Gasteiger charge is 2.37. The summed E-state index contributed by atoms with van der Waals surface area (Å²) >= 11 is 4.05. The Bertz CT molecular complexity index is 794. The highest BCUT2D eigenvalue weighted by atomic mass is 79.9. The van der Waals surface area contributed by atoms with Crippen molar-refractivity contribution >= 4 is 50.9 Å². The minimum absolute atomic E-state index is 0.0400. The molecule has 2 rings (SSSR count). The number of benzene rings is 1. The number of hydrogen-bond donors (Lipinski definition) is 1. The van der Waals surface area contributed by atoms with Gasteiger partial charge in [0, 0.05) is 4.47 Å². The molecule has 1 saturated heterocycles. The Hall–Kier alpha value is -2.00. The number of ether oxygens (including phenoxy) is 2. The quantitative estimate of drug-likeness (QED) is 0.489. The average Bonchev–Trinajstić information content (AvgIpc) is 2.86. The van der Waals surface area contributed by atoms with E-state index in [0.29, 0.717) is 23.1 Å². The van der Waals surface area contributed by atoms with Crippen LogP contribution in [0.25, 0.3) is 6.08 Å². The van der Waals surface area contributed by atoms with Crippen molar-refractivity contribution in [2.24, 2.45) is 0 Å². The van der Waals surface area contributed by atoms with Crippen LogP contribution in [0.3, 0.4) is 0 Å². The lowest BCUT2D eigenvalue weighted by atomic mass is 10.2. The standard InChI is InChI=1S/C18H20BrNO6S/c1-4-10(3)26-16(22)9-20-17(23)15(27-18(20)24)7-11-6-14(25-5-2)13(21)8-12(11)19/h6-8,10,21H,4-5,9H2,1-3H3/b15-7-/t10-/m0/s1. The van der Waals surface area contributed by atoms with Gasteiger partial charge in [-0.25, -0.2) is 0 Å². The third kappa shape index (κ3) is 5.26. The molecule has 0 radical (unpaired) electrons. The normalized spacial score (nSPS) is 16.7. The van der Waals surface area contributed by atoms with E-state index in [1.165, 1.54) is 12.1 Å². The number of imide groups is 1. The minimum atomic E-state index is -0.627. The summed E-state index contributed by atoms with van der Waals surface area (Å²) in [5, 5.41) is 9.34. The lowest BCUT2D eigenvalue weighted by molar-refractivity contribution is -0.150. The minimum Gasteiger partial charge on any atom is -0.504 e. The van der Waals surface area contributed by atoms with Gasteiger partial charge in [-0.2, -0.15) is 0 Å². The fourth-order valence-corrected chi connectivity index (χ4v) is 3.47. The molecule has 0 saturated carbocycles. The first-order chi connectivity index (χ1) is 12.8. The molecule has 2 amide bonds. The van der Waals surface area contributed by atoms with Crippen molar-refractivity contribution in [1.82, 2.24) is 4.90 Å². The molecule has 27 heavy (non-hydrogen) atoms. The summed E-state index contributed by atoms with van der Waals surface area (Å²) in [4.78, 5) is 37.6. The Kier molecular flexibility index (Phi) is 7.32. The van der Waals surface area contributed by atoms with E-state index in [4.69, 9.17) is 9.47 Å². The van der Waals surface area contributed by atoms with Gasteiger partial charge in [0.05, 0.1) is 17.6 Å². The first-order valence-electron chi connectivity index (χ1n) is 8.36. The van der Waals surface area contributed by atoms with Crippen LogP contribution in [0.5, 0.6) is 11.5 Å². The summed E-state index contributed by atoms with van der Waals surface area (Å²) in [5.74, 6) is -0.966. The van der Waals surface area contributed by atoms with Gasteiger partial charge in [0.15, 0.2) is 11.5 Å². The van der Waals surface area contributed by atoms with Gasteiger partial charge in [0.25, 0.3) is 11.1 Å². The van der Waals surface area contributed by atoms with E-state index >= 15 is 0 Å². The van der Waals surface area contributed by atoms with Gasteiger partial charge < -0.3 is 14.6 Å². The molecule has 1 aliphatic rings. The van der Waals surface area contributed by atoms with Crippen molar-refractivity contribution in [2.75, 3.05) is 13.2 Å². The lowest BCUT2D eigenvalue weighted by Gasteiger charge is -2.14. The smallest absolute Gasteiger partial charge is 0.326 e. The van der Waals surface area contributed by atoms with Crippen molar-refractivity contribution < 1.29 is 29.0 Å². The molecule has 1 aliphatic heterocycles. The van der Waals surface area contributed by atoms with E-state index < -0.39 is 23.7 Å². The third-order valence-corrected chi connectivity index (χ3v) is 5.33. The molecule has 0 aromatic heterocycles. The molecule has 1 aromatic rings. The fraction of sp³-hybridized carbons (Fsp3) is 0.389. The average molecular weight is 458 g/mol. The first-order valence-corrected chi connectivity index (χ1v) is 9.97. The predicted molar refractivity (Wildman–Crippen MR) is 105 cm³/mol. The van der Waals surface area contributed by atoms with Gasteiger partial charge in [-0.3, -0.25) is 19.3 Å². The molecule has 1 fully saturated rings. The maximum Gasteiger partial charge on any atom is 0.326 e. The summed E-state index contributed by atoms with van der Waals surface area (Å²) < 4.78 is 11.0. The summed E-state index contributed by atoms with van der Waals surface area (Å²) in [6.07, 6.45) is 1.87. The molecule has 0 spiro atoms. The Morgan fingerprint density at radius 3 is 2.70 bits per heavy atom. The van der Waals surface area contributed by atoms with Crippen LogP contribution in [-0.4, -0.2) is 46.4 Å². The number of thioether (sulfide) groups is 1. The van der Waals surface area contributed by atoms with Crippen molar-refractivity contribution in [2.45, 2.75) is 33.3 Å². The SMILES string of the molecule is CCOc1cc(/C=C2\SC(=O)N(CC(=O)O[C@@H](C)CC)C2=O)c(Br)cc1O. The van der Waals surface area contributed by atoms with Crippen LogP contribution in [0.15, 0.2) is 21.5 Å². The Balaban J connectivity index is 2.21. The second-order valence-electron chi connectivity index (χ2n) is 5.75. The van der Waals surface area contributed by atoms with Gasteiger partial charge in [-0.15, -0.1) is 0 Å². The maximum absolute atomic E-state index is 12.5. The second kappa shape index (κ2) is 9.27. The number of amides is 2. The molecule has 1 atom stereocenters. The molecule has 9 heteroatoms. The van der Waals surface area contributed by atoms with Crippen molar-refractivity contribution in [3.63, 3.8) is 0 Å². The molecule has 146 valence electrons. The van der Waals surface area contributed by atoms with Crippen molar-refractivity contribution in [3.05, 3.63) is 27.1 Å². The van der Waals surface area contributed by atoms with E-state index in [1.54, 1.807) is 19.9 Å². The van der Waals surface area contributed by atoms with E-state index in [2.05, 4.69) is 15.9 Å². The van der Waals surface area contributed by atoms with Gasteiger partial charge in [-0.1, -0.05) is 22.9 Å². The van der Waals surface area contributed by atoms with E-state index in [1.807, 2.05) is 6.92 Å². The Morgan fingerprint density at radius 1 is 1.37 bits per heavy atom. The van der Waals surface area contributed by atoms with Crippen LogP contribution in [0.2, 0.25) is 0 Å². The van der Waals surface area contributed by atoms with Crippen LogP contribution >= 0.6 is 27.7 Å². The number of phenols is 1. The van der Waals surface area contributed by atoms with E-state index in [-0.39, 0.29) is 22.5 Å². The van der Waals surface area contributed by atoms with Crippen molar-refractivity contribution in [3.8, 4) is 11.5 Å². The van der Waals surface area contributed by atoms with Crippen LogP contribution in [0, 0.1) is 0 Å². The molecule has 0 bridgehead atoms. The zero-order valence-electron chi connectivity index (χ0n) is 15.2. The summed E-state index contributed by atoms with van der Waals surface area (Å²) in [6, 6.07) is 3.01. The zero-order valence-corrected chi connectivity index (χ0v) is 17.6. The number of halogens is 1. The summed E-state index contributed by atoms with van der Waals surface area (Å²) in [7, 11) is 0. The number of carbonyl (C=O) groups excluding carboxylic acids is 3. The fourth-order valence-electron chi connectivity index (χ4n) is 2.19. The molecule has 1 N–H and O–H groups in total. The first kappa shape index (κ1) is 21.3. The largest absolute Gasteiger partial charge is 0.504 e. The number of hydrogen-bond acceptors (Lipinski definition) is 7. The molecule has 1 aromatic carbocycles. The maximum atomic E-state index is 12.5.